The molecule has 2 aliphatic heterocycles. The van der Waals surface area contributed by atoms with Crippen molar-refractivity contribution < 1.29 is 14.2 Å². The number of epoxide rings is 1. The zero-order valence-corrected chi connectivity index (χ0v) is 11.1. The molecule has 2 heterocycles. The lowest BCUT2D eigenvalue weighted by molar-refractivity contribution is -0.257. The minimum atomic E-state index is 0.0915. The van der Waals surface area contributed by atoms with Gasteiger partial charge in [0.1, 0.15) is 0 Å². The Morgan fingerprint density at radius 1 is 0.833 bits per heavy atom. The molecule has 2 atom stereocenters. The topological polar surface area (TPSA) is 31.0 Å². The first kappa shape index (κ1) is 11.7. The van der Waals surface area contributed by atoms with Crippen molar-refractivity contribution >= 4 is 0 Å². The monoisotopic (exact) mass is 252 g/mol. The van der Waals surface area contributed by atoms with E-state index in [1.54, 1.807) is 0 Å². The molecular formula is C15H24O3. The van der Waals surface area contributed by atoms with Crippen molar-refractivity contribution in [1.82, 2.24) is 0 Å². The van der Waals surface area contributed by atoms with Crippen LogP contribution in [0.15, 0.2) is 0 Å². The Hall–Kier alpha value is -0.120. The van der Waals surface area contributed by atoms with Crippen molar-refractivity contribution in [2.75, 3.05) is 13.2 Å². The predicted molar refractivity (Wildman–Crippen MR) is 67.2 cm³/mol. The summed E-state index contributed by atoms with van der Waals surface area (Å²) in [6.07, 6.45) is 11.5. The van der Waals surface area contributed by atoms with Crippen molar-refractivity contribution in [2.45, 2.75) is 69.9 Å². The first-order valence-electron chi connectivity index (χ1n) is 7.73. The highest BCUT2D eigenvalue weighted by Crippen LogP contribution is 2.48. The SMILES string of the molecule is C1CCC(C2OCC3(CCC4OC4C3)CO2)CC1. The van der Waals surface area contributed by atoms with Crippen molar-refractivity contribution in [2.24, 2.45) is 11.3 Å². The fourth-order valence-corrected chi connectivity index (χ4v) is 4.14. The summed E-state index contributed by atoms with van der Waals surface area (Å²) < 4.78 is 17.8. The molecule has 18 heavy (non-hydrogen) atoms. The number of hydrogen-bond acceptors (Lipinski definition) is 3. The molecule has 102 valence electrons. The van der Waals surface area contributed by atoms with Crippen LogP contribution in [0.1, 0.15) is 51.4 Å². The van der Waals surface area contributed by atoms with Gasteiger partial charge in [-0.05, 0) is 32.1 Å². The Morgan fingerprint density at radius 2 is 1.61 bits per heavy atom. The first-order chi connectivity index (χ1) is 8.85. The number of rotatable bonds is 1. The maximum absolute atomic E-state index is 6.10. The van der Waals surface area contributed by atoms with Gasteiger partial charge in [-0.25, -0.2) is 0 Å². The summed E-state index contributed by atoms with van der Waals surface area (Å²) in [7, 11) is 0. The van der Waals surface area contributed by atoms with Crippen molar-refractivity contribution in [1.29, 1.82) is 0 Å². The molecule has 4 rings (SSSR count). The van der Waals surface area contributed by atoms with Gasteiger partial charge in [0.2, 0.25) is 0 Å². The van der Waals surface area contributed by atoms with E-state index in [1.807, 2.05) is 0 Å². The van der Waals surface area contributed by atoms with E-state index in [9.17, 15) is 0 Å². The van der Waals surface area contributed by atoms with Crippen LogP contribution in [0.3, 0.4) is 0 Å². The number of fused-ring (bicyclic) bond motifs is 1. The minimum absolute atomic E-state index is 0.0915. The molecule has 4 aliphatic rings. The summed E-state index contributed by atoms with van der Waals surface area (Å²) in [4.78, 5) is 0. The summed E-state index contributed by atoms with van der Waals surface area (Å²) in [5.41, 5.74) is 0.281. The van der Waals surface area contributed by atoms with E-state index in [0.29, 0.717) is 18.1 Å². The van der Waals surface area contributed by atoms with E-state index in [1.165, 1.54) is 44.9 Å². The van der Waals surface area contributed by atoms with E-state index in [0.717, 1.165) is 19.6 Å². The molecular weight excluding hydrogens is 228 g/mol. The van der Waals surface area contributed by atoms with Crippen LogP contribution in [0, 0.1) is 11.3 Å². The van der Waals surface area contributed by atoms with Crippen LogP contribution in [0.25, 0.3) is 0 Å². The summed E-state index contributed by atoms with van der Waals surface area (Å²) in [6, 6.07) is 0. The lowest BCUT2D eigenvalue weighted by Gasteiger charge is -2.43. The van der Waals surface area contributed by atoms with E-state index >= 15 is 0 Å². The van der Waals surface area contributed by atoms with Crippen LogP contribution in [0.5, 0.6) is 0 Å². The van der Waals surface area contributed by atoms with E-state index < -0.39 is 0 Å². The maximum Gasteiger partial charge on any atom is 0.160 e. The van der Waals surface area contributed by atoms with Crippen LogP contribution >= 0.6 is 0 Å². The quantitative estimate of drug-likeness (QED) is 0.672. The average Bonchev–Trinajstić information content (AvgIpc) is 3.19. The van der Waals surface area contributed by atoms with Crippen LogP contribution in [-0.4, -0.2) is 31.7 Å². The van der Waals surface area contributed by atoms with Gasteiger partial charge in [-0.2, -0.15) is 0 Å². The molecule has 3 nitrogen and oxygen atoms in total. The van der Waals surface area contributed by atoms with Gasteiger partial charge in [0.15, 0.2) is 6.29 Å². The molecule has 2 aliphatic carbocycles. The van der Waals surface area contributed by atoms with Crippen LogP contribution < -0.4 is 0 Å². The largest absolute Gasteiger partial charge is 0.370 e. The van der Waals surface area contributed by atoms with Gasteiger partial charge in [-0.15, -0.1) is 0 Å². The molecule has 1 spiro atoms. The molecule has 2 saturated carbocycles. The lowest BCUT2D eigenvalue weighted by Crippen LogP contribution is -2.46. The highest BCUT2D eigenvalue weighted by atomic mass is 16.7. The van der Waals surface area contributed by atoms with Crippen molar-refractivity contribution in [3.8, 4) is 0 Å². The van der Waals surface area contributed by atoms with Crippen LogP contribution in [0.2, 0.25) is 0 Å². The fraction of sp³-hybridized carbons (Fsp3) is 1.00. The zero-order chi connectivity index (χ0) is 12.0. The Morgan fingerprint density at radius 3 is 2.33 bits per heavy atom. The third kappa shape index (κ3) is 2.10. The average molecular weight is 252 g/mol. The van der Waals surface area contributed by atoms with Crippen LogP contribution in [-0.2, 0) is 14.2 Å². The van der Waals surface area contributed by atoms with Gasteiger partial charge in [0.05, 0.1) is 25.4 Å². The molecule has 0 N–H and O–H groups in total. The normalized spacial score (nSPS) is 49.0. The molecule has 3 heteroatoms. The molecule has 0 bridgehead atoms. The minimum Gasteiger partial charge on any atom is -0.370 e. The molecule has 2 unspecified atom stereocenters. The standard InChI is InChI=1S/C15H24O3/c1-2-4-11(5-3-1)14-16-9-15(10-17-14)7-6-12-13(8-15)18-12/h11-14H,1-10H2. The van der Waals surface area contributed by atoms with Gasteiger partial charge in [0.25, 0.3) is 0 Å². The lowest BCUT2D eigenvalue weighted by atomic mass is 9.74. The van der Waals surface area contributed by atoms with E-state index in [-0.39, 0.29) is 11.7 Å². The van der Waals surface area contributed by atoms with Gasteiger partial charge < -0.3 is 14.2 Å². The third-order valence-corrected chi connectivity index (χ3v) is 5.42. The molecule has 4 fully saturated rings. The molecule has 0 aromatic carbocycles. The molecule has 0 aromatic heterocycles. The Kier molecular flexibility index (Phi) is 2.90. The highest BCUT2D eigenvalue weighted by Gasteiger charge is 2.52. The molecule has 0 amide bonds. The number of ether oxygens (including phenoxy) is 3. The van der Waals surface area contributed by atoms with Crippen molar-refractivity contribution in [3.05, 3.63) is 0 Å². The highest BCUT2D eigenvalue weighted by molar-refractivity contribution is 4.99. The van der Waals surface area contributed by atoms with Crippen molar-refractivity contribution in [3.63, 3.8) is 0 Å². The Labute approximate surface area is 109 Å². The van der Waals surface area contributed by atoms with Gasteiger partial charge >= 0.3 is 0 Å². The van der Waals surface area contributed by atoms with Gasteiger partial charge in [0, 0.05) is 11.3 Å². The Bertz CT molecular complexity index is 303. The second-order valence-corrected chi connectivity index (χ2v) is 6.84. The summed E-state index contributed by atoms with van der Waals surface area (Å²) >= 11 is 0. The molecule has 2 saturated heterocycles. The smallest absolute Gasteiger partial charge is 0.160 e. The van der Waals surface area contributed by atoms with E-state index in [2.05, 4.69) is 0 Å². The van der Waals surface area contributed by atoms with Crippen LogP contribution in [0.4, 0.5) is 0 Å². The summed E-state index contributed by atoms with van der Waals surface area (Å²) in [6.45, 7) is 1.81. The molecule has 0 aromatic rings. The first-order valence-corrected chi connectivity index (χ1v) is 7.73. The Balaban J connectivity index is 1.34. The third-order valence-electron chi connectivity index (χ3n) is 5.42. The second-order valence-electron chi connectivity index (χ2n) is 6.84. The summed E-state index contributed by atoms with van der Waals surface area (Å²) in [5.74, 6) is 0.657. The second kappa shape index (κ2) is 4.46. The maximum atomic E-state index is 6.10. The van der Waals surface area contributed by atoms with E-state index in [4.69, 9.17) is 14.2 Å². The summed E-state index contributed by atoms with van der Waals surface area (Å²) in [5, 5.41) is 0. The van der Waals surface area contributed by atoms with Gasteiger partial charge in [-0.3, -0.25) is 0 Å². The molecule has 0 radical (unpaired) electrons. The van der Waals surface area contributed by atoms with Gasteiger partial charge in [-0.1, -0.05) is 19.3 Å². The predicted octanol–water partition coefficient (Wildman–Crippen LogP) is 2.88. The fourth-order valence-electron chi connectivity index (χ4n) is 4.14. The number of hydrogen-bond donors (Lipinski definition) is 0. The zero-order valence-electron chi connectivity index (χ0n) is 11.1.